The number of nitrogens with one attached hydrogen (secondary N) is 1. The number of halogens is 2. The lowest BCUT2D eigenvalue weighted by Gasteiger charge is -2.17. The van der Waals surface area contributed by atoms with Crippen molar-refractivity contribution in [3.05, 3.63) is 56.3 Å². The third kappa shape index (κ3) is 4.67. The van der Waals surface area contributed by atoms with Gasteiger partial charge in [0.15, 0.2) is 11.5 Å². The van der Waals surface area contributed by atoms with Crippen molar-refractivity contribution in [2.45, 2.75) is 26.4 Å². The van der Waals surface area contributed by atoms with Gasteiger partial charge >= 0.3 is 6.03 Å². The van der Waals surface area contributed by atoms with E-state index >= 15 is 0 Å². The van der Waals surface area contributed by atoms with Crippen molar-refractivity contribution in [1.29, 1.82) is 0 Å². The van der Waals surface area contributed by atoms with Crippen molar-refractivity contribution in [2.75, 3.05) is 12.0 Å². The zero-order valence-electron chi connectivity index (χ0n) is 16.2. The number of amides is 3. The van der Waals surface area contributed by atoms with E-state index in [2.05, 4.69) is 27.9 Å². The molecule has 0 saturated carbocycles. The van der Waals surface area contributed by atoms with E-state index in [0.717, 1.165) is 14.9 Å². The number of hydrogen-bond acceptors (Lipinski definition) is 4. The van der Waals surface area contributed by atoms with Crippen molar-refractivity contribution >= 4 is 57.9 Å². The van der Waals surface area contributed by atoms with Crippen LogP contribution in [-0.2, 0) is 4.79 Å². The summed E-state index contributed by atoms with van der Waals surface area (Å²) >= 11 is 8.15. The standard InChI is InChI=1S/C21H20ClIN2O4/c1-4-12(2)29-19-16(23)8-13(10-18(19)28-3)9-17-20(26)25(21(27)24-17)15-7-5-6-14(22)11-15/h5-12H,4H2,1-3H3,(H,24,27)/b17-9-/t12-/m0/s1. The fraction of sp³-hybridized carbons (Fsp3) is 0.238. The highest BCUT2D eigenvalue weighted by atomic mass is 127. The van der Waals surface area contributed by atoms with E-state index in [1.54, 1.807) is 43.5 Å². The molecule has 0 spiro atoms. The summed E-state index contributed by atoms with van der Waals surface area (Å²) in [6.07, 6.45) is 2.52. The average Bonchev–Trinajstić information content (AvgIpc) is 2.96. The molecular weight excluding hydrogens is 507 g/mol. The van der Waals surface area contributed by atoms with Gasteiger partial charge in [0.1, 0.15) is 5.70 Å². The number of urea groups is 1. The van der Waals surface area contributed by atoms with Gasteiger partial charge in [-0.15, -0.1) is 0 Å². The minimum absolute atomic E-state index is 0.0450. The van der Waals surface area contributed by atoms with Crippen molar-refractivity contribution < 1.29 is 19.1 Å². The van der Waals surface area contributed by atoms with Crippen LogP contribution in [-0.4, -0.2) is 25.2 Å². The third-order valence-electron chi connectivity index (χ3n) is 4.40. The number of carbonyl (C=O) groups excluding carboxylic acids is 2. The van der Waals surface area contributed by atoms with E-state index in [4.69, 9.17) is 21.1 Å². The van der Waals surface area contributed by atoms with E-state index in [-0.39, 0.29) is 11.8 Å². The summed E-state index contributed by atoms with van der Waals surface area (Å²) in [5, 5.41) is 3.06. The number of nitrogens with zero attached hydrogens (tertiary/aromatic N) is 1. The first-order valence-electron chi connectivity index (χ1n) is 9.01. The van der Waals surface area contributed by atoms with Crippen LogP contribution in [0.4, 0.5) is 10.5 Å². The van der Waals surface area contributed by atoms with Crippen LogP contribution in [0.5, 0.6) is 11.5 Å². The van der Waals surface area contributed by atoms with Gasteiger partial charge in [-0.2, -0.15) is 0 Å². The molecule has 2 aromatic carbocycles. The SMILES string of the molecule is CC[C@H](C)Oc1c(I)cc(/C=C2\NC(=O)N(c3cccc(Cl)c3)C2=O)cc1OC. The maximum absolute atomic E-state index is 12.8. The third-order valence-corrected chi connectivity index (χ3v) is 5.44. The van der Waals surface area contributed by atoms with Crippen LogP contribution in [0.3, 0.4) is 0 Å². The fourth-order valence-corrected chi connectivity index (χ4v) is 3.71. The van der Waals surface area contributed by atoms with Gasteiger partial charge in [0.2, 0.25) is 0 Å². The van der Waals surface area contributed by atoms with Gasteiger partial charge in [0.05, 0.1) is 22.5 Å². The van der Waals surface area contributed by atoms with Gasteiger partial charge in [-0.1, -0.05) is 24.6 Å². The topological polar surface area (TPSA) is 67.9 Å². The van der Waals surface area contributed by atoms with Crippen LogP contribution >= 0.6 is 34.2 Å². The Morgan fingerprint density at radius 3 is 2.69 bits per heavy atom. The highest BCUT2D eigenvalue weighted by molar-refractivity contribution is 14.1. The van der Waals surface area contributed by atoms with Gasteiger partial charge < -0.3 is 14.8 Å². The Kier molecular flexibility index (Phi) is 6.69. The average molecular weight is 527 g/mol. The number of imide groups is 1. The quantitative estimate of drug-likeness (QED) is 0.318. The molecule has 1 heterocycles. The second-order valence-corrected chi connectivity index (χ2v) is 8.08. The Morgan fingerprint density at radius 2 is 2.03 bits per heavy atom. The molecule has 0 bridgehead atoms. The number of benzene rings is 2. The second kappa shape index (κ2) is 9.04. The minimum atomic E-state index is -0.526. The van der Waals surface area contributed by atoms with Gasteiger partial charge in [-0.3, -0.25) is 4.79 Å². The highest BCUT2D eigenvalue weighted by Crippen LogP contribution is 2.36. The molecule has 0 aromatic heterocycles. The number of methoxy groups -OCH3 is 1. The highest BCUT2D eigenvalue weighted by Gasteiger charge is 2.35. The molecule has 1 saturated heterocycles. The monoisotopic (exact) mass is 526 g/mol. The number of rotatable bonds is 6. The maximum Gasteiger partial charge on any atom is 0.333 e. The predicted octanol–water partition coefficient (Wildman–Crippen LogP) is 5.23. The number of anilines is 1. The lowest BCUT2D eigenvalue weighted by molar-refractivity contribution is -0.113. The summed E-state index contributed by atoms with van der Waals surface area (Å²) in [7, 11) is 1.56. The zero-order chi connectivity index (χ0) is 21.1. The molecule has 0 radical (unpaired) electrons. The fourth-order valence-electron chi connectivity index (χ4n) is 2.77. The minimum Gasteiger partial charge on any atom is -0.493 e. The molecule has 6 nitrogen and oxygen atoms in total. The predicted molar refractivity (Wildman–Crippen MR) is 122 cm³/mol. The number of ether oxygens (including phenoxy) is 2. The van der Waals surface area contributed by atoms with Crippen molar-refractivity contribution in [2.24, 2.45) is 0 Å². The number of hydrogen-bond donors (Lipinski definition) is 1. The first-order chi connectivity index (χ1) is 13.8. The molecule has 2 aromatic rings. The van der Waals surface area contributed by atoms with Crippen molar-refractivity contribution in [1.82, 2.24) is 5.32 Å². The van der Waals surface area contributed by atoms with E-state index in [1.807, 2.05) is 19.9 Å². The largest absolute Gasteiger partial charge is 0.493 e. The Bertz CT molecular complexity index is 993. The normalized spacial score (nSPS) is 16.2. The van der Waals surface area contributed by atoms with Crippen LogP contribution in [0, 0.1) is 3.57 Å². The molecule has 3 rings (SSSR count). The zero-order valence-corrected chi connectivity index (χ0v) is 19.1. The Morgan fingerprint density at radius 1 is 1.28 bits per heavy atom. The molecule has 1 aliphatic heterocycles. The molecule has 152 valence electrons. The molecule has 1 fully saturated rings. The van der Waals surface area contributed by atoms with Gasteiger partial charge in [-0.25, -0.2) is 9.69 Å². The lowest BCUT2D eigenvalue weighted by atomic mass is 10.1. The Hall–Kier alpha value is -2.26. The summed E-state index contributed by atoms with van der Waals surface area (Å²) in [6.45, 7) is 4.03. The molecule has 1 aliphatic rings. The van der Waals surface area contributed by atoms with Gasteiger partial charge in [-0.05, 0) is 77.9 Å². The first kappa shape index (κ1) is 21.4. The van der Waals surface area contributed by atoms with Crippen molar-refractivity contribution in [3.8, 4) is 11.5 Å². The summed E-state index contributed by atoms with van der Waals surface area (Å²) in [5.74, 6) is 0.769. The van der Waals surface area contributed by atoms with Crippen LogP contribution in [0.1, 0.15) is 25.8 Å². The van der Waals surface area contributed by atoms with Gasteiger partial charge in [0, 0.05) is 5.02 Å². The molecule has 1 N–H and O–H groups in total. The smallest absolute Gasteiger partial charge is 0.333 e. The van der Waals surface area contributed by atoms with E-state index in [0.29, 0.717) is 27.8 Å². The molecule has 0 unspecified atom stereocenters. The summed E-state index contributed by atoms with van der Waals surface area (Å²) in [5.41, 5.74) is 1.29. The molecular formula is C21H20ClIN2O4. The summed E-state index contributed by atoms with van der Waals surface area (Å²) in [4.78, 5) is 26.2. The Balaban J connectivity index is 1.93. The van der Waals surface area contributed by atoms with E-state index < -0.39 is 11.9 Å². The van der Waals surface area contributed by atoms with Gasteiger partial charge in [0.25, 0.3) is 5.91 Å². The van der Waals surface area contributed by atoms with Crippen LogP contribution in [0.2, 0.25) is 5.02 Å². The van der Waals surface area contributed by atoms with E-state index in [9.17, 15) is 9.59 Å². The first-order valence-corrected chi connectivity index (χ1v) is 10.5. The maximum atomic E-state index is 12.8. The molecule has 1 atom stereocenters. The van der Waals surface area contributed by atoms with Crippen LogP contribution < -0.4 is 19.7 Å². The van der Waals surface area contributed by atoms with E-state index in [1.165, 1.54) is 0 Å². The number of carbonyl (C=O) groups is 2. The van der Waals surface area contributed by atoms with Crippen LogP contribution in [0.25, 0.3) is 6.08 Å². The second-order valence-electron chi connectivity index (χ2n) is 6.48. The van der Waals surface area contributed by atoms with Crippen LogP contribution in [0.15, 0.2) is 42.1 Å². The van der Waals surface area contributed by atoms with Crippen molar-refractivity contribution in [3.63, 3.8) is 0 Å². The molecule has 29 heavy (non-hydrogen) atoms. The lowest BCUT2D eigenvalue weighted by Crippen LogP contribution is -2.30. The summed E-state index contributed by atoms with van der Waals surface area (Å²) in [6, 6.07) is 9.69. The summed E-state index contributed by atoms with van der Waals surface area (Å²) < 4.78 is 12.3. The molecule has 3 amide bonds. The molecule has 8 heteroatoms. The Labute approximate surface area is 188 Å². The molecule has 0 aliphatic carbocycles.